The van der Waals surface area contributed by atoms with Crippen molar-refractivity contribution in [3.05, 3.63) is 0 Å². The van der Waals surface area contributed by atoms with Crippen LogP contribution in [0.5, 0.6) is 0 Å². The highest BCUT2D eigenvalue weighted by Gasteiger charge is 2.26. The van der Waals surface area contributed by atoms with Gasteiger partial charge in [-0.3, -0.25) is 0 Å². The number of ether oxygens (including phenoxy) is 1. The van der Waals surface area contributed by atoms with Gasteiger partial charge in [-0.1, -0.05) is 6.92 Å². The van der Waals surface area contributed by atoms with Crippen LogP contribution in [0.2, 0.25) is 0 Å². The van der Waals surface area contributed by atoms with Crippen LogP contribution in [0.3, 0.4) is 0 Å². The second kappa shape index (κ2) is 6.54. The normalized spacial score (nSPS) is 13.4. The van der Waals surface area contributed by atoms with Gasteiger partial charge >= 0.3 is 0 Å². The van der Waals surface area contributed by atoms with E-state index in [4.69, 9.17) is 4.74 Å². The number of nitrogens with zero attached hydrogens (tertiary/aromatic N) is 1. The summed E-state index contributed by atoms with van der Waals surface area (Å²) in [6.07, 6.45) is 0.473. The minimum Gasteiger partial charge on any atom is -0.389 e. The van der Waals surface area contributed by atoms with E-state index in [0.717, 1.165) is 0 Å². The minimum absolute atomic E-state index is 0.0603. The molecule has 0 atom stereocenters. The molecule has 98 valence electrons. The summed E-state index contributed by atoms with van der Waals surface area (Å²) in [4.78, 5) is 0. The van der Waals surface area contributed by atoms with Gasteiger partial charge in [0.05, 0.1) is 11.4 Å². The molecule has 0 aromatic rings. The Morgan fingerprint density at radius 2 is 1.94 bits per heavy atom. The standard InChI is InChI=1S/C10H23NO4S/c1-5-11(9-10(2,3)12)16(13,14)8-6-7-15-4/h12H,5-9H2,1-4H3. The maximum atomic E-state index is 11.9. The number of hydrogen-bond donors (Lipinski definition) is 1. The van der Waals surface area contributed by atoms with Crippen molar-refractivity contribution in [3.63, 3.8) is 0 Å². The van der Waals surface area contributed by atoms with Crippen molar-refractivity contribution < 1.29 is 18.3 Å². The highest BCUT2D eigenvalue weighted by Crippen LogP contribution is 2.10. The van der Waals surface area contributed by atoms with Crippen molar-refractivity contribution in [1.82, 2.24) is 4.31 Å². The number of methoxy groups -OCH3 is 1. The first-order valence-electron chi connectivity index (χ1n) is 5.42. The average Bonchev–Trinajstić information content (AvgIpc) is 2.13. The largest absolute Gasteiger partial charge is 0.389 e. The van der Waals surface area contributed by atoms with Crippen LogP contribution >= 0.6 is 0 Å². The molecule has 0 radical (unpaired) electrons. The van der Waals surface area contributed by atoms with E-state index >= 15 is 0 Å². The third-order valence-corrected chi connectivity index (χ3v) is 4.04. The SMILES string of the molecule is CCN(CC(C)(C)O)S(=O)(=O)CCCOC. The fraction of sp³-hybridized carbons (Fsp3) is 1.00. The van der Waals surface area contributed by atoms with Crippen LogP contribution in [-0.2, 0) is 14.8 Å². The van der Waals surface area contributed by atoms with Gasteiger partial charge in [-0.2, -0.15) is 4.31 Å². The number of hydrogen-bond acceptors (Lipinski definition) is 4. The van der Waals surface area contributed by atoms with Crippen molar-refractivity contribution in [2.24, 2.45) is 0 Å². The molecular formula is C10H23NO4S. The van der Waals surface area contributed by atoms with E-state index in [-0.39, 0.29) is 12.3 Å². The molecule has 0 aromatic carbocycles. The molecule has 0 heterocycles. The Morgan fingerprint density at radius 3 is 2.31 bits per heavy atom. The maximum absolute atomic E-state index is 11.9. The van der Waals surface area contributed by atoms with Gasteiger partial charge in [0.15, 0.2) is 0 Å². The number of sulfonamides is 1. The Bertz CT molecular complexity index is 282. The monoisotopic (exact) mass is 253 g/mol. The molecule has 1 N–H and O–H groups in total. The molecule has 0 aliphatic rings. The zero-order valence-corrected chi connectivity index (χ0v) is 11.4. The van der Waals surface area contributed by atoms with Crippen molar-refractivity contribution in [2.45, 2.75) is 32.8 Å². The van der Waals surface area contributed by atoms with Gasteiger partial charge in [-0.15, -0.1) is 0 Å². The molecule has 0 spiro atoms. The molecule has 0 saturated carbocycles. The molecule has 0 unspecified atom stereocenters. The third kappa shape index (κ3) is 6.42. The Hall–Kier alpha value is -0.170. The zero-order valence-electron chi connectivity index (χ0n) is 10.6. The van der Waals surface area contributed by atoms with Gasteiger partial charge in [-0.05, 0) is 20.3 Å². The minimum atomic E-state index is -3.28. The quantitative estimate of drug-likeness (QED) is 0.638. The van der Waals surface area contributed by atoms with Gasteiger partial charge in [0.25, 0.3) is 0 Å². The molecule has 0 fully saturated rings. The van der Waals surface area contributed by atoms with Crippen LogP contribution in [-0.4, -0.2) is 56.0 Å². The molecule has 0 aromatic heterocycles. The fourth-order valence-corrected chi connectivity index (χ4v) is 3.00. The van der Waals surface area contributed by atoms with Crippen LogP contribution in [0.15, 0.2) is 0 Å². The van der Waals surface area contributed by atoms with E-state index in [1.165, 1.54) is 4.31 Å². The van der Waals surface area contributed by atoms with Crippen molar-refractivity contribution >= 4 is 10.0 Å². The summed E-state index contributed by atoms with van der Waals surface area (Å²) in [6.45, 7) is 5.89. The maximum Gasteiger partial charge on any atom is 0.214 e. The first-order valence-corrected chi connectivity index (χ1v) is 7.03. The molecule has 0 aliphatic carbocycles. The van der Waals surface area contributed by atoms with E-state index in [2.05, 4.69) is 0 Å². The molecule has 16 heavy (non-hydrogen) atoms. The lowest BCUT2D eigenvalue weighted by Crippen LogP contribution is -2.43. The zero-order chi connectivity index (χ0) is 12.8. The van der Waals surface area contributed by atoms with E-state index < -0.39 is 15.6 Å². The molecular weight excluding hydrogens is 230 g/mol. The molecule has 0 aliphatic heterocycles. The number of likely N-dealkylation sites (N-methyl/N-ethyl adjacent to an activating group) is 1. The topological polar surface area (TPSA) is 66.8 Å². The summed E-state index contributed by atoms with van der Waals surface area (Å²) in [7, 11) is -1.74. The Kier molecular flexibility index (Phi) is 6.47. The second-order valence-electron chi connectivity index (χ2n) is 4.40. The number of rotatable bonds is 8. The van der Waals surface area contributed by atoms with E-state index in [1.807, 2.05) is 0 Å². The third-order valence-electron chi connectivity index (χ3n) is 2.06. The molecule has 5 nitrogen and oxygen atoms in total. The highest BCUT2D eigenvalue weighted by molar-refractivity contribution is 7.89. The van der Waals surface area contributed by atoms with E-state index in [1.54, 1.807) is 27.9 Å². The van der Waals surface area contributed by atoms with Crippen LogP contribution in [0.1, 0.15) is 27.2 Å². The van der Waals surface area contributed by atoms with Crippen molar-refractivity contribution in [1.29, 1.82) is 0 Å². The van der Waals surface area contributed by atoms with Gasteiger partial charge in [0, 0.05) is 26.8 Å². The molecule has 6 heteroatoms. The predicted molar refractivity (Wildman–Crippen MR) is 63.8 cm³/mol. The van der Waals surface area contributed by atoms with Crippen LogP contribution in [0.25, 0.3) is 0 Å². The lowest BCUT2D eigenvalue weighted by Gasteiger charge is -2.27. The predicted octanol–water partition coefficient (Wildman–Crippen LogP) is 0.446. The highest BCUT2D eigenvalue weighted by atomic mass is 32.2. The van der Waals surface area contributed by atoms with Gasteiger partial charge in [0.1, 0.15) is 0 Å². The van der Waals surface area contributed by atoms with Crippen molar-refractivity contribution in [2.75, 3.05) is 32.6 Å². The van der Waals surface area contributed by atoms with E-state index in [0.29, 0.717) is 19.6 Å². The molecule has 0 bridgehead atoms. The Balaban J connectivity index is 4.44. The summed E-state index contributed by atoms with van der Waals surface area (Å²) < 4.78 is 29.9. The Morgan fingerprint density at radius 1 is 1.38 bits per heavy atom. The van der Waals surface area contributed by atoms with E-state index in [9.17, 15) is 13.5 Å². The average molecular weight is 253 g/mol. The smallest absolute Gasteiger partial charge is 0.214 e. The van der Waals surface area contributed by atoms with Gasteiger partial charge in [-0.25, -0.2) is 8.42 Å². The molecule has 0 amide bonds. The van der Waals surface area contributed by atoms with Crippen LogP contribution in [0.4, 0.5) is 0 Å². The number of aliphatic hydroxyl groups is 1. The molecule has 0 saturated heterocycles. The summed E-state index contributed by atoms with van der Waals surface area (Å²) in [5.41, 5.74) is -1.01. The summed E-state index contributed by atoms with van der Waals surface area (Å²) in [5, 5.41) is 9.62. The fourth-order valence-electron chi connectivity index (χ4n) is 1.35. The van der Waals surface area contributed by atoms with Crippen LogP contribution < -0.4 is 0 Å². The Labute approximate surface area is 98.5 Å². The second-order valence-corrected chi connectivity index (χ2v) is 6.49. The van der Waals surface area contributed by atoms with Gasteiger partial charge < -0.3 is 9.84 Å². The lowest BCUT2D eigenvalue weighted by molar-refractivity contribution is 0.0601. The van der Waals surface area contributed by atoms with Crippen LogP contribution in [0, 0.1) is 0 Å². The summed E-state index contributed by atoms with van der Waals surface area (Å²) in [6, 6.07) is 0. The summed E-state index contributed by atoms with van der Waals surface area (Å²) in [5.74, 6) is 0.0603. The first kappa shape index (κ1) is 15.8. The van der Waals surface area contributed by atoms with Crippen molar-refractivity contribution in [3.8, 4) is 0 Å². The van der Waals surface area contributed by atoms with Gasteiger partial charge in [0.2, 0.25) is 10.0 Å². The summed E-state index contributed by atoms with van der Waals surface area (Å²) >= 11 is 0. The molecule has 0 rings (SSSR count). The first-order chi connectivity index (χ1) is 7.23. The lowest BCUT2D eigenvalue weighted by atomic mass is 10.1.